The Bertz CT molecular complexity index is 406. The summed E-state index contributed by atoms with van der Waals surface area (Å²) < 4.78 is 0. The highest BCUT2D eigenvalue weighted by Gasteiger charge is 2.20. The molecule has 17 heavy (non-hydrogen) atoms. The van der Waals surface area contributed by atoms with Crippen molar-refractivity contribution in [3.63, 3.8) is 0 Å². The predicted octanol–water partition coefficient (Wildman–Crippen LogP) is 2.94. The van der Waals surface area contributed by atoms with E-state index in [0.29, 0.717) is 18.0 Å². The zero-order valence-electron chi connectivity index (χ0n) is 10.4. The normalized spacial score (nSPS) is 12.8. The van der Waals surface area contributed by atoms with Crippen molar-refractivity contribution in [2.75, 3.05) is 7.05 Å². The lowest BCUT2D eigenvalue weighted by atomic mass is 10.1. The summed E-state index contributed by atoms with van der Waals surface area (Å²) in [6.07, 6.45) is 0.596. The van der Waals surface area contributed by atoms with Gasteiger partial charge in [0.05, 0.1) is 0 Å². The number of carboxylic acid groups (broad SMARTS) is 1. The lowest BCUT2D eigenvalue weighted by Gasteiger charge is -2.24. The number of rotatable bonds is 5. The molecule has 0 radical (unpaired) electrons. The van der Waals surface area contributed by atoms with Crippen LogP contribution in [0, 0.1) is 6.92 Å². The molecule has 0 bridgehead atoms. The molecule has 0 aromatic heterocycles. The zero-order chi connectivity index (χ0) is 13.0. The predicted molar refractivity (Wildman–Crippen MR) is 69.4 cm³/mol. The van der Waals surface area contributed by atoms with Crippen LogP contribution < -0.4 is 0 Å². The van der Waals surface area contributed by atoms with Crippen LogP contribution in [-0.2, 0) is 11.3 Å². The highest BCUT2D eigenvalue weighted by molar-refractivity contribution is 6.30. The number of carboxylic acids is 1. The number of likely N-dealkylation sites (N-methyl/N-ethyl adjacent to an activating group) is 1. The molecule has 94 valence electrons. The number of nitrogens with zero attached hydrogens (tertiary/aromatic N) is 1. The zero-order valence-corrected chi connectivity index (χ0v) is 11.2. The maximum atomic E-state index is 11.0. The van der Waals surface area contributed by atoms with Gasteiger partial charge in [-0.15, -0.1) is 0 Å². The van der Waals surface area contributed by atoms with Gasteiger partial charge in [0.25, 0.3) is 0 Å². The van der Waals surface area contributed by atoms with Gasteiger partial charge in [0.2, 0.25) is 0 Å². The van der Waals surface area contributed by atoms with Crippen molar-refractivity contribution in [2.24, 2.45) is 0 Å². The first kappa shape index (κ1) is 14.0. The van der Waals surface area contributed by atoms with E-state index in [1.165, 1.54) is 0 Å². The maximum absolute atomic E-state index is 11.0. The van der Waals surface area contributed by atoms with E-state index in [4.69, 9.17) is 16.7 Å². The second-order valence-corrected chi connectivity index (χ2v) is 4.68. The van der Waals surface area contributed by atoms with Gasteiger partial charge < -0.3 is 5.11 Å². The van der Waals surface area contributed by atoms with Gasteiger partial charge in [-0.3, -0.25) is 9.69 Å². The van der Waals surface area contributed by atoms with Gasteiger partial charge in [-0.25, -0.2) is 0 Å². The highest BCUT2D eigenvalue weighted by Crippen LogP contribution is 2.17. The molecule has 1 unspecified atom stereocenters. The van der Waals surface area contributed by atoms with Crippen molar-refractivity contribution in [3.8, 4) is 0 Å². The molecule has 1 N–H and O–H groups in total. The van der Waals surface area contributed by atoms with E-state index in [0.717, 1.165) is 11.1 Å². The summed E-state index contributed by atoms with van der Waals surface area (Å²) in [7, 11) is 1.83. The number of aliphatic carboxylic acids is 1. The average molecular weight is 256 g/mol. The fourth-order valence-electron chi connectivity index (χ4n) is 1.89. The van der Waals surface area contributed by atoms with E-state index >= 15 is 0 Å². The Balaban J connectivity index is 2.79. The van der Waals surface area contributed by atoms with Crippen LogP contribution in [-0.4, -0.2) is 29.1 Å². The molecule has 0 heterocycles. The van der Waals surface area contributed by atoms with Crippen molar-refractivity contribution < 1.29 is 9.90 Å². The second-order valence-electron chi connectivity index (χ2n) is 4.25. The lowest BCUT2D eigenvalue weighted by molar-refractivity contribution is -0.143. The molecule has 0 aliphatic rings. The van der Waals surface area contributed by atoms with Crippen LogP contribution in [0.3, 0.4) is 0 Å². The molecule has 1 aromatic carbocycles. The van der Waals surface area contributed by atoms with Gasteiger partial charge in [-0.1, -0.05) is 24.6 Å². The molecule has 1 aromatic rings. The molecule has 0 aliphatic carbocycles. The molecule has 0 aliphatic heterocycles. The highest BCUT2D eigenvalue weighted by atomic mass is 35.5. The largest absolute Gasteiger partial charge is 0.480 e. The number of hydrogen-bond donors (Lipinski definition) is 1. The Morgan fingerprint density at radius 2 is 2.18 bits per heavy atom. The maximum Gasteiger partial charge on any atom is 0.320 e. The summed E-state index contributed by atoms with van der Waals surface area (Å²) in [6.45, 7) is 4.48. The first-order valence-electron chi connectivity index (χ1n) is 5.63. The Morgan fingerprint density at radius 1 is 1.53 bits per heavy atom. The molecule has 0 saturated heterocycles. The van der Waals surface area contributed by atoms with Crippen LogP contribution in [0.2, 0.25) is 5.02 Å². The Morgan fingerprint density at radius 3 is 2.65 bits per heavy atom. The Labute approximate surface area is 107 Å². The summed E-state index contributed by atoms with van der Waals surface area (Å²) in [5.41, 5.74) is 2.20. The Kier molecular flexibility index (Phi) is 4.97. The molecule has 0 spiro atoms. The quantitative estimate of drug-likeness (QED) is 0.880. The van der Waals surface area contributed by atoms with Gasteiger partial charge >= 0.3 is 5.97 Å². The minimum atomic E-state index is -0.776. The molecule has 1 rings (SSSR count). The van der Waals surface area contributed by atoms with Crippen molar-refractivity contribution >= 4 is 17.6 Å². The number of halogens is 1. The molecule has 3 nitrogen and oxygen atoms in total. The Hall–Kier alpha value is -1.06. The third kappa shape index (κ3) is 3.72. The van der Waals surface area contributed by atoms with E-state index in [2.05, 4.69) is 0 Å². The molecule has 0 fully saturated rings. The van der Waals surface area contributed by atoms with E-state index < -0.39 is 12.0 Å². The fourth-order valence-corrected chi connectivity index (χ4v) is 2.12. The summed E-state index contributed by atoms with van der Waals surface area (Å²) in [5, 5.41) is 9.78. The van der Waals surface area contributed by atoms with Crippen molar-refractivity contribution in [1.82, 2.24) is 4.90 Å². The van der Waals surface area contributed by atoms with Gasteiger partial charge in [0.15, 0.2) is 0 Å². The lowest BCUT2D eigenvalue weighted by Crippen LogP contribution is -2.37. The van der Waals surface area contributed by atoms with E-state index in [-0.39, 0.29) is 0 Å². The van der Waals surface area contributed by atoms with Gasteiger partial charge in [0, 0.05) is 11.6 Å². The first-order chi connectivity index (χ1) is 7.95. The number of hydrogen-bond acceptors (Lipinski definition) is 2. The van der Waals surface area contributed by atoms with Crippen LogP contribution in [0.4, 0.5) is 0 Å². The summed E-state index contributed by atoms with van der Waals surface area (Å²) >= 11 is 5.89. The van der Waals surface area contributed by atoms with Crippen molar-refractivity contribution in [3.05, 3.63) is 34.3 Å². The smallest absolute Gasteiger partial charge is 0.320 e. The SMILES string of the molecule is CCC(C(=O)O)N(C)Cc1ccc(Cl)cc1C. The van der Waals surface area contributed by atoms with Gasteiger partial charge in [0.1, 0.15) is 6.04 Å². The number of aryl methyl sites for hydroxylation is 1. The molecule has 0 saturated carbocycles. The van der Waals surface area contributed by atoms with Crippen LogP contribution in [0.1, 0.15) is 24.5 Å². The third-order valence-corrected chi connectivity index (χ3v) is 3.16. The molecule has 0 amide bonds. The average Bonchev–Trinajstić information content (AvgIpc) is 2.22. The monoisotopic (exact) mass is 255 g/mol. The minimum absolute atomic E-state index is 0.440. The van der Waals surface area contributed by atoms with E-state index in [1.807, 2.05) is 44.0 Å². The topological polar surface area (TPSA) is 40.5 Å². The van der Waals surface area contributed by atoms with Crippen molar-refractivity contribution in [2.45, 2.75) is 32.9 Å². The number of carbonyl (C=O) groups is 1. The summed E-state index contributed by atoms with van der Waals surface area (Å²) in [5.74, 6) is -0.776. The molecular weight excluding hydrogens is 238 g/mol. The van der Waals surface area contributed by atoms with Gasteiger partial charge in [-0.2, -0.15) is 0 Å². The van der Waals surface area contributed by atoms with E-state index in [9.17, 15) is 4.79 Å². The van der Waals surface area contributed by atoms with Crippen LogP contribution in [0.15, 0.2) is 18.2 Å². The van der Waals surface area contributed by atoms with Gasteiger partial charge in [-0.05, 0) is 43.7 Å². The van der Waals surface area contributed by atoms with Crippen LogP contribution in [0.5, 0.6) is 0 Å². The summed E-state index contributed by atoms with van der Waals surface area (Å²) in [6, 6.07) is 5.24. The van der Waals surface area contributed by atoms with Crippen LogP contribution in [0.25, 0.3) is 0 Å². The third-order valence-electron chi connectivity index (χ3n) is 2.93. The second kappa shape index (κ2) is 6.03. The minimum Gasteiger partial charge on any atom is -0.480 e. The molecule has 4 heteroatoms. The summed E-state index contributed by atoms with van der Waals surface area (Å²) in [4.78, 5) is 12.9. The van der Waals surface area contributed by atoms with E-state index in [1.54, 1.807) is 0 Å². The van der Waals surface area contributed by atoms with Crippen LogP contribution >= 0.6 is 11.6 Å². The number of benzene rings is 1. The standard InChI is InChI=1S/C13H18ClNO2/c1-4-12(13(16)17)15(3)8-10-5-6-11(14)7-9(10)2/h5-7,12H,4,8H2,1-3H3,(H,16,17). The van der Waals surface area contributed by atoms with Crippen molar-refractivity contribution in [1.29, 1.82) is 0 Å². The fraction of sp³-hybridized carbons (Fsp3) is 0.462. The first-order valence-corrected chi connectivity index (χ1v) is 6.01. The molecular formula is C13H18ClNO2. The molecule has 1 atom stereocenters.